The summed E-state index contributed by atoms with van der Waals surface area (Å²) in [6.45, 7) is 4.15. The van der Waals surface area contributed by atoms with Gasteiger partial charge in [-0.1, -0.05) is 18.5 Å². The summed E-state index contributed by atoms with van der Waals surface area (Å²) in [7, 11) is -3.63. The zero-order chi connectivity index (χ0) is 15.5. The lowest BCUT2D eigenvalue weighted by Gasteiger charge is -2.13. The maximum absolute atomic E-state index is 12.1. The summed E-state index contributed by atoms with van der Waals surface area (Å²) in [5, 5.41) is 3.26. The monoisotopic (exact) mass is 345 g/mol. The molecule has 2 heterocycles. The molecule has 0 amide bonds. The molecule has 0 aliphatic heterocycles. The molecule has 114 valence electrons. The Labute approximate surface area is 133 Å². The van der Waals surface area contributed by atoms with Crippen LogP contribution in [0.15, 0.2) is 34.7 Å². The van der Waals surface area contributed by atoms with Crippen molar-refractivity contribution >= 4 is 44.5 Å². The van der Waals surface area contributed by atoms with Crippen LogP contribution in [0.25, 0.3) is 0 Å². The van der Waals surface area contributed by atoms with Crippen molar-refractivity contribution in [1.29, 1.82) is 0 Å². The number of nitrogens with zero attached hydrogens (tertiary/aromatic N) is 1. The van der Waals surface area contributed by atoms with Crippen molar-refractivity contribution in [3.05, 3.63) is 34.8 Å². The molecule has 2 aromatic heterocycles. The van der Waals surface area contributed by atoms with Gasteiger partial charge in [0, 0.05) is 6.04 Å². The molecule has 0 saturated carbocycles. The molecule has 0 spiro atoms. The molecule has 21 heavy (non-hydrogen) atoms. The van der Waals surface area contributed by atoms with Crippen molar-refractivity contribution in [2.24, 2.45) is 0 Å². The van der Waals surface area contributed by atoms with Crippen molar-refractivity contribution < 1.29 is 8.42 Å². The van der Waals surface area contributed by atoms with Gasteiger partial charge in [-0.3, -0.25) is 4.72 Å². The maximum Gasteiger partial charge on any atom is 0.272 e. The Balaban J connectivity index is 2.09. The molecule has 1 atom stereocenters. The third kappa shape index (κ3) is 4.33. The molecular weight excluding hydrogens is 330 g/mol. The molecular formula is C13H16ClN3O2S2. The lowest BCUT2D eigenvalue weighted by molar-refractivity contribution is 0.603. The van der Waals surface area contributed by atoms with Gasteiger partial charge in [-0.05, 0) is 37.6 Å². The van der Waals surface area contributed by atoms with Gasteiger partial charge in [0.25, 0.3) is 10.0 Å². The van der Waals surface area contributed by atoms with Crippen LogP contribution in [0.4, 0.5) is 11.5 Å². The van der Waals surface area contributed by atoms with E-state index in [1.54, 1.807) is 24.4 Å². The number of nitrogens with one attached hydrogen (secondary N) is 2. The Morgan fingerprint density at radius 1 is 1.33 bits per heavy atom. The van der Waals surface area contributed by atoms with E-state index in [2.05, 4.69) is 28.9 Å². The molecule has 1 unspecified atom stereocenters. The molecule has 0 radical (unpaired) electrons. The van der Waals surface area contributed by atoms with Gasteiger partial charge in [0.15, 0.2) is 0 Å². The van der Waals surface area contributed by atoms with Gasteiger partial charge in [0.1, 0.15) is 10.0 Å². The highest BCUT2D eigenvalue weighted by atomic mass is 35.5. The fraction of sp³-hybridized carbons (Fsp3) is 0.308. The van der Waals surface area contributed by atoms with E-state index in [9.17, 15) is 8.42 Å². The van der Waals surface area contributed by atoms with Crippen LogP contribution in [-0.4, -0.2) is 19.4 Å². The molecule has 8 heteroatoms. The summed E-state index contributed by atoms with van der Waals surface area (Å²) < 4.78 is 27.2. The van der Waals surface area contributed by atoms with Crippen molar-refractivity contribution in [2.75, 3.05) is 10.0 Å². The SMILES string of the molecule is CCC(C)Nc1ccc(NS(=O)(=O)c2ccc(Cl)s2)nc1. The Kier molecular flexibility index (Phi) is 5.08. The van der Waals surface area contributed by atoms with E-state index in [4.69, 9.17) is 11.6 Å². The van der Waals surface area contributed by atoms with Gasteiger partial charge in [-0.2, -0.15) is 0 Å². The zero-order valence-corrected chi connectivity index (χ0v) is 14.0. The Morgan fingerprint density at radius 3 is 2.62 bits per heavy atom. The van der Waals surface area contributed by atoms with Crippen LogP contribution in [0.2, 0.25) is 4.34 Å². The van der Waals surface area contributed by atoms with Gasteiger partial charge >= 0.3 is 0 Å². The average Bonchev–Trinajstić information content (AvgIpc) is 2.88. The number of sulfonamides is 1. The highest BCUT2D eigenvalue weighted by Crippen LogP contribution is 2.27. The number of hydrogen-bond donors (Lipinski definition) is 2. The van der Waals surface area contributed by atoms with Crippen LogP contribution < -0.4 is 10.0 Å². The molecule has 2 N–H and O–H groups in total. The Bertz CT molecular complexity index is 698. The number of anilines is 2. The fourth-order valence-electron chi connectivity index (χ4n) is 1.56. The van der Waals surface area contributed by atoms with Crippen molar-refractivity contribution in [3.8, 4) is 0 Å². The quantitative estimate of drug-likeness (QED) is 0.835. The van der Waals surface area contributed by atoms with E-state index in [1.807, 2.05) is 0 Å². The number of hydrogen-bond acceptors (Lipinski definition) is 5. The predicted molar refractivity (Wildman–Crippen MR) is 87.8 cm³/mol. The van der Waals surface area contributed by atoms with Crippen LogP contribution in [0, 0.1) is 0 Å². The predicted octanol–water partition coefficient (Wildman–Crippen LogP) is 3.81. The van der Waals surface area contributed by atoms with E-state index < -0.39 is 10.0 Å². The first-order valence-corrected chi connectivity index (χ1v) is 9.09. The Morgan fingerprint density at radius 2 is 2.10 bits per heavy atom. The number of thiophene rings is 1. The second-order valence-electron chi connectivity index (χ2n) is 4.55. The summed E-state index contributed by atoms with van der Waals surface area (Å²) in [6, 6.07) is 6.76. The second-order valence-corrected chi connectivity index (χ2v) is 8.17. The number of aromatic nitrogens is 1. The standard InChI is InChI=1S/C13H16ClN3O2S2/c1-3-9(2)16-10-4-6-12(15-8-10)17-21(18,19)13-7-5-11(14)20-13/h4-9,16H,3H2,1-2H3,(H,15,17). The van der Waals surface area contributed by atoms with Crippen molar-refractivity contribution in [2.45, 2.75) is 30.5 Å². The smallest absolute Gasteiger partial charge is 0.272 e. The van der Waals surface area contributed by atoms with Gasteiger partial charge in [0.2, 0.25) is 0 Å². The molecule has 2 aromatic rings. The summed E-state index contributed by atoms with van der Waals surface area (Å²) >= 11 is 6.76. The van der Waals surface area contributed by atoms with E-state index in [0.717, 1.165) is 23.4 Å². The first-order valence-electron chi connectivity index (χ1n) is 6.41. The lowest BCUT2D eigenvalue weighted by Crippen LogP contribution is -2.15. The number of rotatable bonds is 6. The molecule has 0 aliphatic carbocycles. The first-order chi connectivity index (χ1) is 9.90. The molecule has 0 aliphatic rings. The first kappa shape index (κ1) is 16.1. The third-order valence-electron chi connectivity index (χ3n) is 2.84. The molecule has 5 nitrogen and oxygen atoms in total. The van der Waals surface area contributed by atoms with Crippen LogP contribution in [0.1, 0.15) is 20.3 Å². The highest BCUT2D eigenvalue weighted by Gasteiger charge is 2.17. The molecule has 0 fully saturated rings. The summed E-state index contributed by atoms with van der Waals surface area (Å²) in [5.41, 5.74) is 0.853. The minimum absolute atomic E-state index is 0.163. The maximum atomic E-state index is 12.1. The minimum Gasteiger partial charge on any atom is -0.381 e. The lowest BCUT2D eigenvalue weighted by atomic mass is 10.2. The molecule has 0 bridgehead atoms. The van der Waals surface area contributed by atoms with Gasteiger partial charge < -0.3 is 5.32 Å². The topological polar surface area (TPSA) is 71.1 Å². The normalized spacial score (nSPS) is 12.9. The van der Waals surface area contributed by atoms with Gasteiger partial charge in [-0.15, -0.1) is 11.3 Å². The highest BCUT2D eigenvalue weighted by molar-refractivity contribution is 7.94. The van der Waals surface area contributed by atoms with Crippen LogP contribution in [-0.2, 0) is 10.0 Å². The molecule has 0 saturated heterocycles. The van der Waals surface area contributed by atoms with Crippen molar-refractivity contribution in [1.82, 2.24) is 4.98 Å². The minimum atomic E-state index is -3.63. The van der Waals surface area contributed by atoms with Gasteiger partial charge in [0.05, 0.1) is 16.2 Å². The second kappa shape index (κ2) is 6.64. The van der Waals surface area contributed by atoms with E-state index in [1.165, 1.54) is 6.07 Å². The summed E-state index contributed by atoms with van der Waals surface area (Å²) in [6.07, 6.45) is 2.60. The van der Waals surface area contributed by atoms with Gasteiger partial charge in [-0.25, -0.2) is 13.4 Å². The number of halogens is 1. The van der Waals surface area contributed by atoms with Crippen LogP contribution >= 0.6 is 22.9 Å². The molecule has 2 rings (SSSR count). The average molecular weight is 346 g/mol. The van der Waals surface area contributed by atoms with Crippen molar-refractivity contribution in [3.63, 3.8) is 0 Å². The Hall–Kier alpha value is -1.31. The summed E-state index contributed by atoms with van der Waals surface area (Å²) in [5.74, 6) is 0.272. The van der Waals surface area contributed by atoms with Crippen LogP contribution in [0.5, 0.6) is 0 Å². The summed E-state index contributed by atoms with van der Waals surface area (Å²) in [4.78, 5) is 4.10. The number of pyridine rings is 1. The van der Waals surface area contributed by atoms with E-state index in [0.29, 0.717) is 10.4 Å². The van der Waals surface area contributed by atoms with E-state index >= 15 is 0 Å². The van der Waals surface area contributed by atoms with Crippen LogP contribution in [0.3, 0.4) is 0 Å². The third-order valence-corrected chi connectivity index (χ3v) is 5.92. The molecule has 0 aromatic carbocycles. The zero-order valence-electron chi connectivity index (χ0n) is 11.6. The largest absolute Gasteiger partial charge is 0.381 e. The van der Waals surface area contributed by atoms with E-state index in [-0.39, 0.29) is 10.0 Å². The fourth-order valence-corrected chi connectivity index (χ4v) is 4.05.